The van der Waals surface area contributed by atoms with Crippen LogP contribution in [0.4, 0.5) is 10.5 Å². The Morgan fingerprint density at radius 3 is 2.46 bits per heavy atom. The van der Waals surface area contributed by atoms with Crippen LogP contribution in [0.15, 0.2) is 60.7 Å². The number of amides is 1. The van der Waals surface area contributed by atoms with Gasteiger partial charge in [0.1, 0.15) is 5.75 Å². The highest BCUT2D eigenvalue weighted by Gasteiger charge is 2.29. The first kappa shape index (κ1) is 14.6. The second-order valence-electron chi connectivity index (χ2n) is 6.15. The van der Waals surface area contributed by atoms with E-state index in [1.165, 1.54) is 0 Å². The maximum atomic E-state index is 12.0. The lowest BCUT2D eigenvalue weighted by atomic mass is 9.92. The number of nitrogens with one attached hydrogen (secondary N) is 1. The van der Waals surface area contributed by atoms with Gasteiger partial charge in [0.05, 0.1) is 6.04 Å². The molecule has 1 heterocycles. The number of nitrogens with zero attached hydrogens (tertiary/aromatic N) is 1. The molecule has 24 heavy (non-hydrogen) atoms. The lowest BCUT2D eigenvalue weighted by molar-refractivity contribution is 0.191. The zero-order chi connectivity index (χ0) is 16.7. The van der Waals surface area contributed by atoms with Crippen molar-refractivity contribution in [2.75, 3.05) is 19.0 Å². The SMILES string of the molecule is CN(C)c1ccc(C2NC(=O)Oc3ccc4ccccc4c32)cc1. The van der Waals surface area contributed by atoms with Gasteiger partial charge in [0.2, 0.25) is 0 Å². The van der Waals surface area contributed by atoms with E-state index >= 15 is 0 Å². The van der Waals surface area contributed by atoms with E-state index in [1.807, 2.05) is 38.4 Å². The number of hydrogen-bond acceptors (Lipinski definition) is 3. The second-order valence-corrected chi connectivity index (χ2v) is 6.15. The maximum Gasteiger partial charge on any atom is 0.413 e. The summed E-state index contributed by atoms with van der Waals surface area (Å²) in [5.41, 5.74) is 3.16. The molecule has 0 spiro atoms. The molecule has 0 saturated heterocycles. The summed E-state index contributed by atoms with van der Waals surface area (Å²) in [6.07, 6.45) is -0.417. The molecule has 1 amide bonds. The van der Waals surface area contributed by atoms with E-state index in [2.05, 4.69) is 46.6 Å². The Hall–Kier alpha value is -3.01. The van der Waals surface area contributed by atoms with Gasteiger partial charge in [0.15, 0.2) is 0 Å². The van der Waals surface area contributed by atoms with Crippen LogP contribution in [-0.2, 0) is 0 Å². The zero-order valence-corrected chi connectivity index (χ0v) is 13.6. The Balaban J connectivity index is 1.88. The Morgan fingerprint density at radius 2 is 1.71 bits per heavy atom. The molecule has 4 heteroatoms. The molecule has 4 rings (SSSR count). The lowest BCUT2D eigenvalue weighted by Gasteiger charge is -2.28. The van der Waals surface area contributed by atoms with E-state index in [0.29, 0.717) is 5.75 Å². The van der Waals surface area contributed by atoms with Gasteiger partial charge >= 0.3 is 6.09 Å². The summed E-state index contributed by atoms with van der Waals surface area (Å²) in [5, 5.41) is 5.18. The van der Waals surface area contributed by atoms with E-state index in [4.69, 9.17) is 4.74 Å². The molecule has 0 fully saturated rings. The van der Waals surface area contributed by atoms with Crippen molar-refractivity contribution in [3.8, 4) is 5.75 Å². The molecule has 4 nitrogen and oxygen atoms in total. The highest BCUT2D eigenvalue weighted by Crippen LogP contribution is 2.39. The summed E-state index contributed by atoms with van der Waals surface area (Å²) >= 11 is 0. The minimum absolute atomic E-state index is 0.219. The van der Waals surface area contributed by atoms with E-state index in [9.17, 15) is 4.79 Å². The summed E-state index contributed by atoms with van der Waals surface area (Å²) < 4.78 is 5.40. The first-order chi connectivity index (χ1) is 11.6. The van der Waals surface area contributed by atoms with Crippen molar-refractivity contribution in [1.29, 1.82) is 0 Å². The topological polar surface area (TPSA) is 41.6 Å². The monoisotopic (exact) mass is 318 g/mol. The molecule has 1 aliphatic rings. The standard InChI is InChI=1S/C20H18N2O2/c1-22(2)15-10-7-14(8-11-15)19-18-16-6-4-3-5-13(16)9-12-17(18)24-20(23)21-19/h3-12,19H,1-2H3,(H,21,23). The summed E-state index contributed by atoms with van der Waals surface area (Å²) in [5.74, 6) is 0.624. The van der Waals surface area contributed by atoms with Crippen LogP contribution in [0.5, 0.6) is 5.75 Å². The van der Waals surface area contributed by atoms with E-state index in [1.54, 1.807) is 0 Å². The number of carbonyl (C=O) groups is 1. The fraction of sp³-hybridized carbons (Fsp3) is 0.150. The number of fused-ring (bicyclic) bond motifs is 3. The number of carbonyl (C=O) groups excluding carboxylic acids is 1. The predicted molar refractivity (Wildman–Crippen MR) is 95.7 cm³/mol. The second kappa shape index (κ2) is 5.57. The molecule has 0 radical (unpaired) electrons. The molecule has 3 aromatic rings. The minimum atomic E-state index is -0.417. The van der Waals surface area contributed by atoms with Crippen LogP contribution in [0.1, 0.15) is 17.2 Å². The third kappa shape index (κ3) is 2.36. The Bertz CT molecular complexity index is 917. The van der Waals surface area contributed by atoms with Crippen LogP contribution in [0.3, 0.4) is 0 Å². The molecule has 1 atom stereocenters. The van der Waals surface area contributed by atoms with Crippen molar-refractivity contribution in [2.24, 2.45) is 0 Å². The predicted octanol–water partition coefficient (Wildman–Crippen LogP) is 4.10. The molecule has 0 bridgehead atoms. The van der Waals surface area contributed by atoms with Crippen molar-refractivity contribution in [2.45, 2.75) is 6.04 Å². The van der Waals surface area contributed by atoms with Gasteiger partial charge in [-0.05, 0) is 34.5 Å². The van der Waals surface area contributed by atoms with E-state index < -0.39 is 6.09 Å². The lowest BCUT2D eigenvalue weighted by Crippen LogP contribution is -2.36. The molecule has 3 aromatic carbocycles. The molecule has 0 aromatic heterocycles. The van der Waals surface area contributed by atoms with Crippen molar-refractivity contribution in [1.82, 2.24) is 5.32 Å². The third-order valence-corrected chi connectivity index (χ3v) is 4.43. The molecule has 0 aliphatic carbocycles. The van der Waals surface area contributed by atoms with Gasteiger partial charge in [0, 0.05) is 25.3 Å². The fourth-order valence-electron chi connectivity index (χ4n) is 3.20. The highest BCUT2D eigenvalue weighted by molar-refractivity contribution is 5.91. The maximum absolute atomic E-state index is 12.0. The number of hydrogen-bond donors (Lipinski definition) is 1. The average molecular weight is 318 g/mol. The van der Waals surface area contributed by atoms with Crippen molar-refractivity contribution < 1.29 is 9.53 Å². The van der Waals surface area contributed by atoms with Gasteiger partial charge in [0.25, 0.3) is 0 Å². The molecular formula is C20H18N2O2. The molecule has 1 N–H and O–H groups in total. The van der Waals surface area contributed by atoms with Gasteiger partial charge in [-0.1, -0.05) is 42.5 Å². The number of anilines is 1. The van der Waals surface area contributed by atoms with Crippen LogP contribution in [0.2, 0.25) is 0 Å². The van der Waals surface area contributed by atoms with Crippen LogP contribution in [0, 0.1) is 0 Å². The average Bonchev–Trinajstić information content (AvgIpc) is 2.60. The third-order valence-electron chi connectivity index (χ3n) is 4.43. The number of rotatable bonds is 2. The Labute approximate surface area is 140 Å². The Kier molecular flexibility index (Phi) is 3.38. The largest absolute Gasteiger partial charge is 0.413 e. The quantitative estimate of drug-likeness (QED) is 0.773. The fourth-order valence-corrected chi connectivity index (χ4v) is 3.20. The Morgan fingerprint density at radius 1 is 0.958 bits per heavy atom. The van der Waals surface area contributed by atoms with E-state index in [0.717, 1.165) is 27.6 Å². The highest BCUT2D eigenvalue weighted by atomic mass is 16.6. The smallest absolute Gasteiger partial charge is 0.410 e. The number of ether oxygens (including phenoxy) is 1. The summed E-state index contributed by atoms with van der Waals surface area (Å²) in [4.78, 5) is 14.0. The summed E-state index contributed by atoms with van der Waals surface area (Å²) in [6.45, 7) is 0. The van der Waals surface area contributed by atoms with Crippen LogP contribution in [-0.4, -0.2) is 20.2 Å². The normalized spacial score (nSPS) is 16.2. The van der Waals surface area contributed by atoms with Crippen LogP contribution >= 0.6 is 0 Å². The van der Waals surface area contributed by atoms with Crippen LogP contribution < -0.4 is 15.0 Å². The van der Waals surface area contributed by atoms with Crippen molar-refractivity contribution >= 4 is 22.6 Å². The zero-order valence-electron chi connectivity index (χ0n) is 13.6. The van der Waals surface area contributed by atoms with Crippen LogP contribution in [0.25, 0.3) is 10.8 Å². The van der Waals surface area contributed by atoms with Gasteiger partial charge in [-0.25, -0.2) is 4.79 Å². The molecule has 120 valence electrons. The van der Waals surface area contributed by atoms with Gasteiger partial charge in [-0.3, -0.25) is 0 Å². The summed E-state index contributed by atoms with van der Waals surface area (Å²) in [6, 6.07) is 20.0. The van der Waals surface area contributed by atoms with Gasteiger partial charge < -0.3 is 15.0 Å². The van der Waals surface area contributed by atoms with Crippen molar-refractivity contribution in [3.63, 3.8) is 0 Å². The summed E-state index contributed by atoms with van der Waals surface area (Å²) in [7, 11) is 4.02. The van der Waals surface area contributed by atoms with Crippen molar-refractivity contribution in [3.05, 3.63) is 71.8 Å². The molecular weight excluding hydrogens is 300 g/mol. The van der Waals surface area contributed by atoms with E-state index in [-0.39, 0.29) is 6.04 Å². The minimum Gasteiger partial charge on any atom is -0.410 e. The molecule has 1 aliphatic heterocycles. The number of benzene rings is 3. The van der Waals surface area contributed by atoms with Gasteiger partial charge in [-0.2, -0.15) is 0 Å². The van der Waals surface area contributed by atoms with Gasteiger partial charge in [-0.15, -0.1) is 0 Å². The first-order valence-electron chi connectivity index (χ1n) is 7.91. The molecule has 0 saturated carbocycles. The molecule has 1 unspecified atom stereocenters. The first-order valence-corrected chi connectivity index (χ1v) is 7.91.